The van der Waals surface area contributed by atoms with Gasteiger partial charge in [-0.25, -0.2) is 4.98 Å². The van der Waals surface area contributed by atoms with Crippen LogP contribution in [0.25, 0.3) is 0 Å². The molecule has 0 spiro atoms. The van der Waals surface area contributed by atoms with Crippen LogP contribution in [-0.4, -0.2) is 42.6 Å². The van der Waals surface area contributed by atoms with E-state index in [9.17, 15) is 22.8 Å². The van der Waals surface area contributed by atoms with Gasteiger partial charge in [-0.3, -0.25) is 9.59 Å². The van der Waals surface area contributed by atoms with E-state index < -0.39 is 35.3 Å². The van der Waals surface area contributed by atoms with Gasteiger partial charge in [0.1, 0.15) is 11.9 Å². The van der Waals surface area contributed by atoms with Gasteiger partial charge in [-0.05, 0) is 57.0 Å². The van der Waals surface area contributed by atoms with Crippen LogP contribution in [0.5, 0.6) is 0 Å². The number of rotatable bonds is 7. The first-order valence-corrected chi connectivity index (χ1v) is 10.4. The van der Waals surface area contributed by atoms with Crippen molar-refractivity contribution < 1.29 is 27.5 Å². The molecule has 2 amide bonds. The second kappa shape index (κ2) is 9.99. The number of nitrogens with zero attached hydrogens (tertiary/aromatic N) is 2. The SMILES string of the molecule is CCN(CC)c1ccc(C(=O)Nc2ccc(NC(=O)C3CCCO3)cc2C(F)(F)F)cn1. The molecule has 0 bridgehead atoms. The minimum Gasteiger partial charge on any atom is -0.368 e. The third-order valence-electron chi connectivity index (χ3n) is 5.16. The molecule has 0 aliphatic carbocycles. The molecule has 1 fully saturated rings. The topological polar surface area (TPSA) is 83.6 Å². The predicted octanol–water partition coefficient (Wildman–Crippen LogP) is 4.32. The summed E-state index contributed by atoms with van der Waals surface area (Å²) in [5.41, 5.74) is -1.37. The number of benzene rings is 1. The first-order chi connectivity index (χ1) is 15.2. The number of hydrogen-bond acceptors (Lipinski definition) is 5. The molecule has 3 rings (SSSR count). The Bertz CT molecular complexity index is 954. The highest BCUT2D eigenvalue weighted by atomic mass is 19.4. The summed E-state index contributed by atoms with van der Waals surface area (Å²) in [4.78, 5) is 30.9. The fraction of sp³-hybridized carbons (Fsp3) is 0.409. The Balaban J connectivity index is 1.77. The molecule has 0 saturated carbocycles. The standard InChI is InChI=1S/C22H25F3N4O3/c1-3-29(4-2)19-10-7-14(13-26-19)20(30)28-17-9-8-15(12-16(17)22(23,24)25)27-21(31)18-6-5-11-32-18/h7-10,12-13,18H,3-6,11H2,1-2H3,(H,27,31)(H,28,30). The van der Waals surface area contributed by atoms with Gasteiger partial charge in [0.25, 0.3) is 11.8 Å². The van der Waals surface area contributed by atoms with Crippen LogP contribution in [0.3, 0.4) is 0 Å². The van der Waals surface area contributed by atoms with Crippen molar-refractivity contribution in [3.8, 4) is 0 Å². The molecule has 1 unspecified atom stereocenters. The lowest BCUT2D eigenvalue weighted by molar-refractivity contribution is -0.137. The number of ether oxygens (including phenoxy) is 1. The molecule has 2 aromatic rings. The maximum absolute atomic E-state index is 13.6. The quantitative estimate of drug-likeness (QED) is 0.657. The van der Waals surface area contributed by atoms with Crippen molar-refractivity contribution in [3.63, 3.8) is 0 Å². The van der Waals surface area contributed by atoms with Crippen LogP contribution in [0.4, 0.5) is 30.4 Å². The minimum absolute atomic E-state index is 0.0268. The zero-order chi connectivity index (χ0) is 23.3. The number of alkyl halides is 3. The third kappa shape index (κ3) is 5.56. The average molecular weight is 450 g/mol. The van der Waals surface area contributed by atoms with Crippen LogP contribution < -0.4 is 15.5 Å². The summed E-state index contributed by atoms with van der Waals surface area (Å²) in [5, 5.41) is 4.74. The second-order valence-corrected chi connectivity index (χ2v) is 7.28. The van der Waals surface area contributed by atoms with Crippen molar-refractivity contribution in [3.05, 3.63) is 47.7 Å². The molecule has 7 nitrogen and oxygen atoms in total. The van der Waals surface area contributed by atoms with E-state index in [-0.39, 0.29) is 11.3 Å². The number of halogens is 3. The minimum atomic E-state index is -4.74. The predicted molar refractivity (Wildman–Crippen MR) is 115 cm³/mol. The van der Waals surface area contributed by atoms with Gasteiger partial charge < -0.3 is 20.3 Å². The summed E-state index contributed by atoms with van der Waals surface area (Å²) >= 11 is 0. The number of amides is 2. The van der Waals surface area contributed by atoms with E-state index in [1.165, 1.54) is 18.3 Å². The zero-order valence-corrected chi connectivity index (χ0v) is 17.8. The summed E-state index contributed by atoms with van der Waals surface area (Å²) in [6.07, 6.45) is -2.84. The average Bonchev–Trinajstić information content (AvgIpc) is 3.30. The molecule has 1 aliphatic heterocycles. The normalized spacial score (nSPS) is 16.0. The lowest BCUT2D eigenvalue weighted by Gasteiger charge is -2.19. The Morgan fingerprint density at radius 3 is 2.47 bits per heavy atom. The fourth-order valence-electron chi connectivity index (χ4n) is 3.42. The largest absolute Gasteiger partial charge is 0.418 e. The van der Waals surface area contributed by atoms with Crippen LogP contribution in [-0.2, 0) is 15.7 Å². The van der Waals surface area contributed by atoms with Crippen molar-refractivity contribution in [1.29, 1.82) is 0 Å². The first-order valence-electron chi connectivity index (χ1n) is 10.4. The van der Waals surface area contributed by atoms with Crippen LogP contribution in [0.2, 0.25) is 0 Å². The molecule has 1 saturated heterocycles. The Hall–Kier alpha value is -3.14. The molecule has 0 radical (unpaired) electrons. The Morgan fingerprint density at radius 1 is 1.16 bits per heavy atom. The number of carbonyl (C=O) groups excluding carboxylic acids is 2. The number of carbonyl (C=O) groups is 2. The van der Waals surface area contributed by atoms with Gasteiger partial charge in [0.2, 0.25) is 0 Å². The van der Waals surface area contributed by atoms with Gasteiger partial charge in [-0.2, -0.15) is 13.2 Å². The van der Waals surface area contributed by atoms with Crippen LogP contribution in [0.1, 0.15) is 42.6 Å². The number of aromatic nitrogens is 1. The van der Waals surface area contributed by atoms with E-state index in [1.54, 1.807) is 6.07 Å². The molecule has 1 aliphatic rings. The van der Waals surface area contributed by atoms with Gasteiger partial charge in [0.15, 0.2) is 0 Å². The van der Waals surface area contributed by atoms with E-state index in [1.807, 2.05) is 18.7 Å². The molecule has 10 heteroatoms. The summed E-state index contributed by atoms with van der Waals surface area (Å²) < 4.78 is 46.1. The Morgan fingerprint density at radius 2 is 1.91 bits per heavy atom. The highest BCUT2D eigenvalue weighted by molar-refractivity contribution is 6.05. The van der Waals surface area contributed by atoms with E-state index in [2.05, 4.69) is 15.6 Å². The van der Waals surface area contributed by atoms with E-state index >= 15 is 0 Å². The molecule has 1 aromatic heterocycles. The maximum Gasteiger partial charge on any atom is 0.418 e. The molecule has 1 aromatic carbocycles. The number of pyridine rings is 1. The van der Waals surface area contributed by atoms with E-state index in [4.69, 9.17) is 4.74 Å². The second-order valence-electron chi connectivity index (χ2n) is 7.28. The summed E-state index contributed by atoms with van der Waals surface area (Å²) in [6, 6.07) is 6.38. The lowest BCUT2D eigenvalue weighted by atomic mass is 10.1. The first kappa shape index (κ1) is 23.5. The van der Waals surface area contributed by atoms with Crippen LogP contribution >= 0.6 is 0 Å². The highest BCUT2D eigenvalue weighted by Gasteiger charge is 2.35. The smallest absolute Gasteiger partial charge is 0.368 e. The van der Waals surface area contributed by atoms with Crippen molar-refractivity contribution in [2.75, 3.05) is 35.2 Å². The molecule has 1 atom stereocenters. The molecule has 2 heterocycles. The van der Waals surface area contributed by atoms with Gasteiger partial charge in [-0.1, -0.05) is 0 Å². The van der Waals surface area contributed by atoms with Crippen LogP contribution in [0, 0.1) is 0 Å². The zero-order valence-electron chi connectivity index (χ0n) is 17.8. The fourth-order valence-corrected chi connectivity index (χ4v) is 3.42. The van der Waals surface area contributed by atoms with E-state index in [0.717, 1.165) is 31.6 Å². The highest BCUT2D eigenvalue weighted by Crippen LogP contribution is 2.37. The van der Waals surface area contributed by atoms with Crippen molar-refractivity contribution in [2.24, 2.45) is 0 Å². The summed E-state index contributed by atoms with van der Waals surface area (Å²) in [5.74, 6) is -0.536. The number of hydrogen-bond donors (Lipinski definition) is 2. The third-order valence-corrected chi connectivity index (χ3v) is 5.16. The summed E-state index contributed by atoms with van der Waals surface area (Å²) in [6.45, 7) is 5.86. The lowest BCUT2D eigenvalue weighted by Crippen LogP contribution is -2.27. The molecule has 172 valence electrons. The van der Waals surface area contributed by atoms with Gasteiger partial charge in [0, 0.05) is 31.6 Å². The van der Waals surface area contributed by atoms with Crippen molar-refractivity contribution in [1.82, 2.24) is 4.98 Å². The van der Waals surface area contributed by atoms with Crippen molar-refractivity contribution in [2.45, 2.75) is 39.0 Å². The Labute approximate surface area is 184 Å². The summed E-state index contributed by atoms with van der Waals surface area (Å²) in [7, 11) is 0. The van der Waals surface area contributed by atoms with Crippen molar-refractivity contribution >= 4 is 29.0 Å². The monoisotopic (exact) mass is 450 g/mol. The van der Waals surface area contributed by atoms with Gasteiger partial charge in [-0.15, -0.1) is 0 Å². The Kier molecular flexibility index (Phi) is 7.34. The molecular weight excluding hydrogens is 425 g/mol. The molecular formula is C22H25F3N4O3. The number of anilines is 3. The van der Waals surface area contributed by atoms with Crippen LogP contribution in [0.15, 0.2) is 36.5 Å². The van der Waals surface area contributed by atoms with E-state index in [0.29, 0.717) is 18.8 Å². The van der Waals surface area contributed by atoms with Gasteiger partial charge >= 0.3 is 6.18 Å². The van der Waals surface area contributed by atoms with Gasteiger partial charge in [0.05, 0.1) is 16.8 Å². The number of nitrogens with one attached hydrogen (secondary N) is 2. The maximum atomic E-state index is 13.6. The molecule has 32 heavy (non-hydrogen) atoms. The molecule has 2 N–H and O–H groups in total.